The van der Waals surface area contributed by atoms with Crippen LogP contribution < -0.4 is 0 Å². The molecule has 0 aromatic rings. The molecule has 2 bridgehead atoms. The van der Waals surface area contributed by atoms with Gasteiger partial charge in [-0.3, -0.25) is 9.69 Å². The standard InChI is InChI=1S/C39H69NO12/c1-12-27(41)39(10,45)34-22(4)30-20(2)18-38(9,52-30)33(51-36-29(42)26(17-21(3)47-36)40-15-13-14-16-40)23(5)31(24(6)35(44)50-34)49-28-19-37(8,46-11)32(43)25(7)48-28/h20-34,36,41-43,45H,12-19H2,1-11H3/t20?,21?,22-,23-,24+,25?,26?,27+,28-,29?,30?,31-,32-,33+,34+,36-,37?,38+,39+/m0/s1. The van der Waals surface area contributed by atoms with E-state index < -0.39 is 102 Å². The summed E-state index contributed by atoms with van der Waals surface area (Å²) in [5, 5.41) is 45.6. The van der Waals surface area contributed by atoms with Crippen molar-refractivity contribution in [3.05, 3.63) is 0 Å². The molecule has 7 unspecified atom stereocenters. The predicted molar refractivity (Wildman–Crippen MR) is 191 cm³/mol. The lowest BCUT2D eigenvalue weighted by Crippen LogP contribution is -2.60. The molecule has 0 aromatic heterocycles. The van der Waals surface area contributed by atoms with Gasteiger partial charge >= 0.3 is 5.97 Å². The number of methoxy groups -OCH3 is 1. The molecule has 13 nitrogen and oxygen atoms in total. The molecule has 0 spiro atoms. The molecule has 5 fully saturated rings. The number of fused-ring (bicyclic) bond motifs is 2. The van der Waals surface area contributed by atoms with Crippen LogP contribution in [0.3, 0.4) is 0 Å². The second-order valence-electron chi connectivity index (χ2n) is 17.5. The fourth-order valence-corrected chi connectivity index (χ4v) is 10.1. The molecule has 5 saturated heterocycles. The molecule has 5 heterocycles. The van der Waals surface area contributed by atoms with Crippen molar-refractivity contribution in [1.29, 1.82) is 0 Å². The lowest BCUT2D eigenvalue weighted by atomic mass is 9.76. The summed E-state index contributed by atoms with van der Waals surface area (Å²) in [6.45, 7) is 20.3. The van der Waals surface area contributed by atoms with Crippen molar-refractivity contribution >= 4 is 5.97 Å². The zero-order chi connectivity index (χ0) is 38.5. The molecule has 13 heteroatoms. The molecule has 0 aromatic carbocycles. The van der Waals surface area contributed by atoms with Crippen LogP contribution in [0.25, 0.3) is 0 Å². The van der Waals surface area contributed by atoms with E-state index in [0.29, 0.717) is 12.8 Å². The second-order valence-corrected chi connectivity index (χ2v) is 17.5. The minimum Gasteiger partial charge on any atom is -0.459 e. The van der Waals surface area contributed by atoms with E-state index in [4.69, 9.17) is 33.2 Å². The van der Waals surface area contributed by atoms with Crippen LogP contribution in [0.4, 0.5) is 0 Å². The van der Waals surface area contributed by atoms with Crippen LogP contribution in [0.2, 0.25) is 0 Å². The molecule has 0 radical (unpaired) electrons. The van der Waals surface area contributed by atoms with Gasteiger partial charge in [-0.25, -0.2) is 0 Å². The molecule has 5 aliphatic heterocycles. The van der Waals surface area contributed by atoms with Crippen molar-refractivity contribution in [2.75, 3.05) is 20.2 Å². The van der Waals surface area contributed by atoms with Crippen molar-refractivity contribution < 1.29 is 58.4 Å². The maximum Gasteiger partial charge on any atom is 0.311 e. The minimum atomic E-state index is -1.78. The Morgan fingerprint density at radius 2 is 1.65 bits per heavy atom. The number of cyclic esters (lactones) is 1. The predicted octanol–water partition coefficient (Wildman–Crippen LogP) is 3.16. The second kappa shape index (κ2) is 16.3. The largest absolute Gasteiger partial charge is 0.459 e. The number of hydrogen-bond donors (Lipinski definition) is 4. The summed E-state index contributed by atoms with van der Waals surface area (Å²) in [6.07, 6.45) is -4.94. The highest BCUT2D eigenvalue weighted by Gasteiger charge is 2.59. The first-order chi connectivity index (χ1) is 24.3. The number of ether oxygens (including phenoxy) is 7. The molecule has 0 saturated carbocycles. The molecule has 4 N–H and O–H groups in total. The Morgan fingerprint density at radius 1 is 1.00 bits per heavy atom. The van der Waals surface area contributed by atoms with Gasteiger partial charge in [0.05, 0.1) is 53.7 Å². The third-order valence-electron chi connectivity index (χ3n) is 13.3. The van der Waals surface area contributed by atoms with Gasteiger partial charge in [-0.2, -0.15) is 0 Å². The van der Waals surface area contributed by atoms with E-state index in [0.717, 1.165) is 25.9 Å². The van der Waals surface area contributed by atoms with Gasteiger partial charge in [0.15, 0.2) is 12.6 Å². The Hall–Kier alpha value is -0.970. The smallest absolute Gasteiger partial charge is 0.311 e. The third-order valence-corrected chi connectivity index (χ3v) is 13.3. The summed E-state index contributed by atoms with van der Waals surface area (Å²) in [7, 11) is 1.54. The van der Waals surface area contributed by atoms with E-state index in [1.165, 1.54) is 14.0 Å². The number of carbonyl (C=O) groups is 1. The van der Waals surface area contributed by atoms with E-state index in [1.54, 1.807) is 27.7 Å². The van der Waals surface area contributed by atoms with Crippen LogP contribution in [0, 0.1) is 23.7 Å². The van der Waals surface area contributed by atoms with Gasteiger partial charge in [-0.05, 0) is 92.7 Å². The number of rotatable bonds is 9. The summed E-state index contributed by atoms with van der Waals surface area (Å²) in [4.78, 5) is 16.7. The van der Waals surface area contributed by atoms with Crippen LogP contribution in [0.5, 0.6) is 0 Å². The van der Waals surface area contributed by atoms with Gasteiger partial charge in [-0.1, -0.05) is 27.7 Å². The van der Waals surface area contributed by atoms with Gasteiger partial charge in [0.2, 0.25) is 0 Å². The molecule has 5 rings (SSSR count). The van der Waals surface area contributed by atoms with E-state index in [9.17, 15) is 25.2 Å². The monoisotopic (exact) mass is 743 g/mol. The van der Waals surface area contributed by atoms with E-state index >= 15 is 0 Å². The fourth-order valence-electron chi connectivity index (χ4n) is 10.1. The number of nitrogens with zero attached hydrogens (tertiary/aromatic N) is 1. The van der Waals surface area contributed by atoms with Crippen molar-refractivity contribution in [2.24, 2.45) is 23.7 Å². The van der Waals surface area contributed by atoms with Crippen molar-refractivity contribution in [2.45, 2.75) is 198 Å². The Balaban J connectivity index is 1.57. The van der Waals surface area contributed by atoms with Crippen LogP contribution in [-0.2, 0) is 38.0 Å². The summed E-state index contributed by atoms with van der Waals surface area (Å²) in [5.74, 6) is -2.63. The van der Waals surface area contributed by atoms with E-state index in [-0.39, 0.29) is 30.9 Å². The SMILES string of the molecule is CC[C@@H](O)[C@@](C)(O)[C@@H]1OC(=O)[C@H](C)[C@@H](O[C@H]2CC(C)(OC)[C@@H](O)C(C)O2)[C@H](C)[C@@H](O[C@@H]2OC(C)CC(N3CCCC3)C2O)[C@@]2(C)CC(C)C(O2)[C@@H]1C. The zero-order valence-corrected chi connectivity index (χ0v) is 33.4. The first-order valence-electron chi connectivity index (χ1n) is 19.8. The first kappa shape index (κ1) is 42.2. The number of hydrogen-bond acceptors (Lipinski definition) is 13. The molecule has 5 aliphatic rings. The van der Waals surface area contributed by atoms with Gasteiger partial charge in [0.25, 0.3) is 0 Å². The number of likely N-dealkylation sites (tertiary alicyclic amines) is 1. The van der Waals surface area contributed by atoms with Gasteiger partial charge in [0.1, 0.15) is 23.9 Å². The molecule has 0 amide bonds. The van der Waals surface area contributed by atoms with Gasteiger partial charge in [0, 0.05) is 31.4 Å². The van der Waals surface area contributed by atoms with Crippen molar-refractivity contribution in [1.82, 2.24) is 4.90 Å². The highest BCUT2D eigenvalue weighted by Crippen LogP contribution is 2.48. The quantitative estimate of drug-likeness (QED) is 0.255. The lowest BCUT2D eigenvalue weighted by Gasteiger charge is -2.48. The number of aliphatic hydroxyl groups excluding tert-OH is 3. The Kier molecular flexibility index (Phi) is 13.2. The molecule has 52 heavy (non-hydrogen) atoms. The number of aliphatic hydroxyl groups is 4. The highest BCUT2D eigenvalue weighted by atomic mass is 16.7. The topological polar surface area (TPSA) is 166 Å². The lowest BCUT2D eigenvalue weighted by molar-refractivity contribution is -0.318. The van der Waals surface area contributed by atoms with E-state index in [2.05, 4.69) is 11.8 Å². The summed E-state index contributed by atoms with van der Waals surface area (Å²) in [6, 6.07) is -0.123. The van der Waals surface area contributed by atoms with E-state index in [1.807, 2.05) is 27.7 Å². The average molecular weight is 744 g/mol. The molecule has 302 valence electrons. The van der Waals surface area contributed by atoms with Gasteiger partial charge < -0.3 is 53.6 Å². The molecular weight excluding hydrogens is 674 g/mol. The molecule has 19 atom stereocenters. The molecule has 0 aliphatic carbocycles. The van der Waals surface area contributed by atoms with Crippen LogP contribution in [-0.4, -0.2) is 142 Å². The maximum atomic E-state index is 14.4. The molecular formula is C39H69NO12. The average Bonchev–Trinajstić information content (AvgIpc) is 3.74. The van der Waals surface area contributed by atoms with Crippen molar-refractivity contribution in [3.8, 4) is 0 Å². The highest BCUT2D eigenvalue weighted by molar-refractivity contribution is 5.73. The first-order valence-corrected chi connectivity index (χ1v) is 19.8. The maximum absolute atomic E-state index is 14.4. The fraction of sp³-hybridized carbons (Fsp3) is 0.974. The normalized spacial score (nSPS) is 49.9. The van der Waals surface area contributed by atoms with Gasteiger partial charge in [-0.15, -0.1) is 0 Å². The Bertz CT molecular complexity index is 1200. The number of carbonyl (C=O) groups excluding carboxylic acids is 1. The third kappa shape index (κ3) is 8.12. The number of esters is 1. The van der Waals surface area contributed by atoms with Crippen LogP contribution in [0.1, 0.15) is 108 Å². The van der Waals surface area contributed by atoms with Crippen LogP contribution >= 0.6 is 0 Å². The Labute approximate surface area is 310 Å². The minimum absolute atomic E-state index is 0.0508. The zero-order valence-electron chi connectivity index (χ0n) is 33.4. The Morgan fingerprint density at radius 3 is 2.27 bits per heavy atom. The van der Waals surface area contributed by atoms with Crippen molar-refractivity contribution in [3.63, 3.8) is 0 Å². The van der Waals surface area contributed by atoms with Crippen LogP contribution in [0.15, 0.2) is 0 Å². The summed E-state index contributed by atoms with van der Waals surface area (Å²) < 4.78 is 45.5. The summed E-state index contributed by atoms with van der Waals surface area (Å²) >= 11 is 0. The summed E-state index contributed by atoms with van der Waals surface area (Å²) in [5.41, 5.74) is -3.70.